The molecule has 0 spiro atoms. The number of halogens is 1. The van der Waals surface area contributed by atoms with Crippen LogP contribution in [0.3, 0.4) is 0 Å². The zero-order chi connectivity index (χ0) is 24.1. The smallest absolute Gasteiger partial charge is 0.277 e. The van der Waals surface area contributed by atoms with E-state index in [1.165, 1.54) is 18.2 Å². The number of amides is 2. The molecule has 4 rings (SSSR count). The van der Waals surface area contributed by atoms with Gasteiger partial charge in [0.15, 0.2) is 0 Å². The van der Waals surface area contributed by atoms with Crippen molar-refractivity contribution in [2.75, 3.05) is 5.32 Å². The van der Waals surface area contributed by atoms with Gasteiger partial charge in [-0.05, 0) is 43.7 Å². The molecule has 0 aliphatic carbocycles. The SMILES string of the molecule is C/C(=N/NC(=O)c1c(-c2ccccc2)noc1C)c1ccc(NC(=O)c2ccccc2F)cc1. The Morgan fingerprint density at radius 3 is 2.29 bits per heavy atom. The summed E-state index contributed by atoms with van der Waals surface area (Å²) in [4.78, 5) is 25.1. The predicted molar refractivity (Wildman–Crippen MR) is 127 cm³/mol. The fourth-order valence-corrected chi connectivity index (χ4v) is 3.33. The molecule has 3 aromatic carbocycles. The number of nitrogens with zero attached hydrogens (tertiary/aromatic N) is 2. The highest BCUT2D eigenvalue weighted by Gasteiger charge is 2.21. The van der Waals surface area contributed by atoms with Gasteiger partial charge in [0.05, 0.1) is 11.3 Å². The number of hydrogen-bond donors (Lipinski definition) is 2. The first-order valence-electron chi connectivity index (χ1n) is 10.5. The summed E-state index contributed by atoms with van der Waals surface area (Å²) in [5.41, 5.74) is 5.81. The van der Waals surface area contributed by atoms with E-state index in [1.54, 1.807) is 44.2 Å². The molecule has 2 amide bonds. The molecule has 0 radical (unpaired) electrons. The van der Waals surface area contributed by atoms with Gasteiger partial charge in [-0.15, -0.1) is 0 Å². The van der Waals surface area contributed by atoms with Crippen molar-refractivity contribution in [3.05, 3.63) is 107 Å². The van der Waals surface area contributed by atoms with Gasteiger partial charge >= 0.3 is 0 Å². The molecule has 0 aliphatic heterocycles. The van der Waals surface area contributed by atoms with Gasteiger partial charge in [-0.25, -0.2) is 9.82 Å². The molecule has 0 aliphatic rings. The van der Waals surface area contributed by atoms with Crippen LogP contribution in [-0.2, 0) is 0 Å². The van der Waals surface area contributed by atoms with Crippen LogP contribution in [0, 0.1) is 12.7 Å². The number of hydrogen-bond acceptors (Lipinski definition) is 5. The summed E-state index contributed by atoms with van der Waals surface area (Å²) in [6.45, 7) is 3.41. The normalized spacial score (nSPS) is 11.2. The molecule has 1 heterocycles. The molecule has 7 nitrogen and oxygen atoms in total. The molecule has 0 saturated carbocycles. The first kappa shape index (κ1) is 22.6. The lowest BCUT2D eigenvalue weighted by Gasteiger charge is -2.08. The summed E-state index contributed by atoms with van der Waals surface area (Å²) in [5, 5.41) is 10.9. The molecule has 4 aromatic rings. The van der Waals surface area contributed by atoms with Crippen molar-refractivity contribution >= 4 is 23.2 Å². The van der Waals surface area contributed by atoms with Crippen LogP contribution < -0.4 is 10.7 Å². The molecule has 0 saturated heterocycles. The topological polar surface area (TPSA) is 96.6 Å². The number of aryl methyl sites for hydroxylation is 1. The van der Waals surface area contributed by atoms with Gasteiger partial charge in [0.2, 0.25) is 0 Å². The van der Waals surface area contributed by atoms with Crippen LogP contribution in [0.1, 0.15) is 39.0 Å². The van der Waals surface area contributed by atoms with E-state index < -0.39 is 17.6 Å². The molecule has 0 unspecified atom stereocenters. The Balaban J connectivity index is 1.44. The molecule has 1 aromatic heterocycles. The Morgan fingerprint density at radius 2 is 1.59 bits per heavy atom. The molecule has 0 atom stereocenters. The maximum atomic E-state index is 13.8. The lowest BCUT2D eigenvalue weighted by Crippen LogP contribution is -2.20. The van der Waals surface area contributed by atoms with Gasteiger partial charge in [-0.2, -0.15) is 5.10 Å². The van der Waals surface area contributed by atoms with Crippen molar-refractivity contribution < 1.29 is 18.5 Å². The molecule has 0 bridgehead atoms. The van der Waals surface area contributed by atoms with E-state index in [9.17, 15) is 14.0 Å². The van der Waals surface area contributed by atoms with Gasteiger partial charge in [0.1, 0.15) is 22.8 Å². The molecular weight excluding hydrogens is 435 g/mol. The van der Waals surface area contributed by atoms with E-state index in [1.807, 2.05) is 30.3 Å². The highest BCUT2D eigenvalue weighted by molar-refractivity contribution is 6.05. The summed E-state index contributed by atoms with van der Waals surface area (Å²) in [7, 11) is 0. The zero-order valence-corrected chi connectivity index (χ0v) is 18.5. The number of nitrogens with one attached hydrogen (secondary N) is 2. The summed E-state index contributed by atoms with van der Waals surface area (Å²) >= 11 is 0. The zero-order valence-electron chi connectivity index (χ0n) is 18.5. The van der Waals surface area contributed by atoms with Crippen molar-refractivity contribution in [2.24, 2.45) is 5.10 Å². The van der Waals surface area contributed by atoms with Crippen LogP contribution in [0.2, 0.25) is 0 Å². The Kier molecular flexibility index (Phi) is 6.59. The first-order valence-corrected chi connectivity index (χ1v) is 10.5. The number of anilines is 1. The Bertz CT molecular complexity index is 1360. The van der Waals surface area contributed by atoms with Crippen molar-refractivity contribution in [3.8, 4) is 11.3 Å². The largest absolute Gasteiger partial charge is 0.360 e. The maximum absolute atomic E-state index is 13.8. The molecular formula is C26H21FN4O3. The van der Waals surface area contributed by atoms with Crippen LogP contribution in [-0.4, -0.2) is 22.7 Å². The van der Waals surface area contributed by atoms with Crippen LogP contribution in [0.4, 0.5) is 10.1 Å². The van der Waals surface area contributed by atoms with Crippen LogP contribution in [0.15, 0.2) is 88.5 Å². The fourth-order valence-electron chi connectivity index (χ4n) is 3.33. The van der Waals surface area contributed by atoms with Gasteiger partial charge in [0, 0.05) is 11.3 Å². The second-order valence-corrected chi connectivity index (χ2v) is 7.48. The number of benzene rings is 3. The summed E-state index contributed by atoms with van der Waals surface area (Å²) in [5.74, 6) is -1.18. The standard InChI is InChI=1S/C26H21FN4O3/c1-16(18-12-14-20(15-13-18)28-25(32)21-10-6-7-11-22(21)27)29-30-26(33)23-17(2)34-31-24(23)19-8-4-3-5-9-19/h3-15H,1-2H3,(H,28,32)(H,30,33)/b29-16-. The van der Waals surface area contributed by atoms with Crippen molar-refractivity contribution in [1.82, 2.24) is 10.6 Å². The third kappa shape index (κ3) is 4.91. The Labute approximate surface area is 195 Å². The van der Waals surface area contributed by atoms with Crippen molar-refractivity contribution in [1.29, 1.82) is 0 Å². The summed E-state index contributed by atoms with van der Waals surface area (Å²) < 4.78 is 19.0. The second kappa shape index (κ2) is 9.91. The predicted octanol–water partition coefficient (Wildman–Crippen LogP) is 5.20. The minimum Gasteiger partial charge on any atom is -0.360 e. The number of carbonyl (C=O) groups is 2. The number of carbonyl (C=O) groups excluding carboxylic acids is 2. The van der Waals surface area contributed by atoms with E-state index in [0.717, 1.165) is 11.1 Å². The van der Waals surface area contributed by atoms with E-state index in [4.69, 9.17) is 4.52 Å². The second-order valence-electron chi connectivity index (χ2n) is 7.48. The average Bonchev–Trinajstić information content (AvgIpc) is 3.25. The molecule has 0 fully saturated rings. The summed E-state index contributed by atoms with van der Waals surface area (Å²) in [6, 6.07) is 21.9. The van der Waals surface area contributed by atoms with Gasteiger partial charge < -0.3 is 9.84 Å². The highest BCUT2D eigenvalue weighted by Crippen LogP contribution is 2.25. The number of rotatable bonds is 6. The average molecular weight is 456 g/mol. The Morgan fingerprint density at radius 1 is 0.912 bits per heavy atom. The minimum absolute atomic E-state index is 0.0362. The monoisotopic (exact) mass is 456 g/mol. The lowest BCUT2D eigenvalue weighted by atomic mass is 10.1. The highest BCUT2D eigenvalue weighted by atomic mass is 19.1. The van der Waals surface area contributed by atoms with E-state index in [-0.39, 0.29) is 5.56 Å². The summed E-state index contributed by atoms with van der Waals surface area (Å²) in [6.07, 6.45) is 0. The minimum atomic E-state index is -0.589. The van der Waals surface area contributed by atoms with Crippen LogP contribution in [0.5, 0.6) is 0 Å². The van der Waals surface area contributed by atoms with Crippen LogP contribution >= 0.6 is 0 Å². The third-order valence-electron chi connectivity index (χ3n) is 5.14. The van der Waals surface area contributed by atoms with Crippen molar-refractivity contribution in [3.63, 3.8) is 0 Å². The molecule has 8 heteroatoms. The number of hydrazone groups is 1. The van der Waals surface area contributed by atoms with E-state index in [2.05, 4.69) is 21.0 Å². The molecule has 34 heavy (non-hydrogen) atoms. The maximum Gasteiger partial charge on any atom is 0.277 e. The molecule has 2 N–H and O–H groups in total. The first-order chi connectivity index (χ1) is 16.4. The van der Waals surface area contributed by atoms with Gasteiger partial charge in [0.25, 0.3) is 11.8 Å². The quantitative estimate of drug-likeness (QED) is 0.308. The molecule has 170 valence electrons. The van der Waals surface area contributed by atoms with E-state index >= 15 is 0 Å². The van der Waals surface area contributed by atoms with Crippen LogP contribution in [0.25, 0.3) is 11.3 Å². The lowest BCUT2D eigenvalue weighted by molar-refractivity contribution is 0.0953. The fraction of sp³-hybridized carbons (Fsp3) is 0.0769. The Hall–Kier alpha value is -4.59. The number of aromatic nitrogens is 1. The van der Waals surface area contributed by atoms with Gasteiger partial charge in [-0.3, -0.25) is 9.59 Å². The van der Waals surface area contributed by atoms with Gasteiger partial charge in [-0.1, -0.05) is 59.8 Å². The van der Waals surface area contributed by atoms with E-state index in [0.29, 0.717) is 28.4 Å². The third-order valence-corrected chi connectivity index (χ3v) is 5.14. The van der Waals surface area contributed by atoms with Crippen molar-refractivity contribution in [2.45, 2.75) is 13.8 Å².